The van der Waals surface area contributed by atoms with E-state index in [1.807, 2.05) is 5.32 Å². The van der Waals surface area contributed by atoms with Crippen LogP contribution in [0.3, 0.4) is 0 Å². The van der Waals surface area contributed by atoms with Crippen LogP contribution in [0.1, 0.15) is 7.85 Å². The molecule has 0 spiro atoms. The van der Waals surface area contributed by atoms with Gasteiger partial charge in [0.25, 0.3) is 10.1 Å². The number of hydrogen-bond acceptors (Lipinski definition) is 5. The molecule has 8 nitrogen and oxygen atoms in total. The summed E-state index contributed by atoms with van der Waals surface area (Å²) in [6, 6.07) is 3.54. The molecule has 1 aliphatic heterocycles. The quantitative estimate of drug-likeness (QED) is 0.340. The molecule has 0 saturated carbocycles. The smallest absolute Gasteiger partial charge is 1.00 e. The number of nitrogens with one attached hydrogen (secondary N) is 1. The normalized spacial score (nSPS) is 15.7. The summed E-state index contributed by atoms with van der Waals surface area (Å²) >= 11 is 0. The number of amides is 4. The number of carbonyl (C=O) groups is 3. The molecule has 0 bridgehead atoms. The molecule has 0 atom stereocenters. The van der Waals surface area contributed by atoms with Crippen LogP contribution in [0.15, 0.2) is 29.2 Å². The minimum atomic E-state index is -4.34. The first kappa shape index (κ1) is 17.4. The minimum absolute atomic E-state index is 0. The van der Waals surface area contributed by atoms with E-state index >= 15 is 0 Å². The van der Waals surface area contributed by atoms with E-state index in [4.69, 9.17) is 4.55 Å². The fraction of sp³-hybridized carbons (Fsp3) is 0.100. The van der Waals surface area contributed by atoms with Gasteiger partial charge in [-0.1, -0.05) is 0 Å². The second-order valence-corrected chi connectivity index (χ2v) is 5.15. The monoisotopic (exact) mass is 324 g/mol. The second-order valence-electron chi connectivity index (χ2n) is 3.73. The predicted octanol–water partition coefficient (Wildman–Crippen LogP) is -2.98. The van der Waals surface area contributed by atoms with E-state index in [1.54, 1.807) is 0 Å². The van der Waals surface area contributed by atoms with E-state index in [9.17, 15) is 22.8 Å². The topological polar surface area (TPSA) is 121 Å². The number of benzene rings is 1. The van der Waals surface area contributed by atoms with Crippen LogP contribution in [0, 0.1) is 0 Å². The Morgan fingerprint density at radius 3 is 2.15 bits per heavy atom. The van der Waals surface area contributed by atoms with Gasteiger partial charge in [-0.2, -0.15) is 8.42 Å². The van der Waals surface area contributed by atoms with Gasteiger partial charge in [0.05, 0.1) is 10.6 Å². The van der Waals surface area contributed by atoms with Gasteiger partial charge in [0, 0.05) is 0 Å². The van der Waals surface area contributed by atoms with Crippen LogP contribution in [-0.4, -0.2) is 30.8 Å². The molecular weight excluding hydrogens is 315 g/mol. The van der Waals surface area contributed by atoms with Gasteiger partial charge in [-0.25, -0.2) is 9.69 Å². The first-order valence-corrected chi connectivity index (χ1v) is 6.47. The van der Waals surface area contributed by atoms with Crippen molar-refractivity contribution in [3.05, 3.63) is 24.3 Å². The summed E-state index contributed by atoms with van der Waals surface area (Å²) in [7, 11) is -4.34. The van der Waals surface area contributed by atoms with Gasteiger partial charge in [0.2, 0.25) is 11.8 Å². The fourth-order valence-corrected chi connectivity index (χ4v) is 2.06. The van der Waals surface area contributed by atoms with Crippen LogP contribution < -0.4 is 61.6 Å². The van der Waals surface area contributed by atoms with E-state index in [1.165, 1.54) is 12.1 Å². The second kappa shape index (κ2) is 6.43. The molecular formula is C10H9KN2O6S. The Morgan fingerprint density at radius 1 is 1.15 bits per heavy atom. The number of rotatable bonds is 2. The Kier molecular flexibility index (Phi) is 5.60. The number of barbiturate groups is 1. The van der Waals surface area contributed by atoms with Crippen molar-refractivity contribution in [2.45, 2.75) is 11.3 Å². The number of imide groups is 2. The van der Waals surface area contributed by atoms with Crippen molar-refractivity contribution in [2.75, 3.05) is 4.90 Å². The number of nitrogens with zero attached hydrogens (tertiary/aromatic N) is 1. The van der Waals surface area contributed by atoms with Crippen molar-refractivity contribution < 1.29 is 80.2 Å². The zero-order valence-corrected chi connectivity index (χ0v) is 14.3. The van der Waals surface area contributed by atoms with Crippen LogP contribution in [-0.2, 0) is 19.7 Å². The van der Waals surface area contributed by atoms with Crippen LogP contribution in [0.25, 0.3) is 0 Å². The molecule has 1 aromatic rings. The molecule has 0 aromatic heterocycles. The molecule has 1 saturated heterocycles. The Morgan fingerprint density at radius 2 is 1.70 bits per heavy atom. The van der Waals surface area contributed by atoms with Crippen LogP contribution in [0.5, 0.6) is 0 Å². The SMILES string of the molecule is O=C1CC(=O)N(c2ccc(S(=O)(=O)O)cc2)C(=O)N1.[H-].[K+]. The van der Waals surface area contributed by atoms with Gasteiger partial charge < -0.3 is 1.43 Å². The molecule has 102 valence electrons. The van der Waals surface area contributed by atoms with Gasteiger partial charge >= 0.3 is 57.4 Å². The minimum Gasteiger partial charge on any atom is -1.00 e. The summed E-state index contributed by atoms with van der Waals surface area (Å²) in [5.41, 5.74) is 0.0994. The van der Waals surface area contributed by atoms with Crippen molar-refractivity contribution in [3.8, 4) is 0 Å². The average Bonchev–Trinajstić information content (AvgIpc) is 2.27. The van der Waals surface area contributed by atoms with Crippen molar-refractivity contribution in [2.24, 2.45) is 0 Å². The molecule has 2 rings (SSSR count). The van der Waals surface area contributed by atoms with Crippen LogP contribution in [0.2, 0.25) is 0 Å². The zero-order valence-electron chi connectivity index (χ0n) is 11.4. The molecule has 1 aliphatic rings. The molecule has 10 heteroatoms. The summed E-state index contributed by atoms with van der Waals surface area (Å²) in [4.78, 5) is 34.4. The Hall–Kier alpha value is -0.624. The number of hydrogen-bond donors (Lipinski definition) is 2. The van der Waals surface area contributed by atoms with Gasteiger partial charge in [-0.3, -0.25) is 19.5 Å². The summed E-state index contributed by atoms with van der Waals surface area (Å²) < 4.78 is 30.5. The predicted molar refractivity (Wildman–Crippen MR) is 63.0 cm³/mol. The standard InChI is InChI=1S/C10H8N2O6S.K.H/c13-8-5-9(14)12(10(15)11-8)6-1-3-7(4-2-6)19(16,17)18;;/h1-4H,5H2,(H,11,13,15)(H,16,17,18);;/q;+1;-1. The van der Waals surface area contributed by atoms with Gasteiger partial charge in [-0.15, -0.1) is 0 Å². The maximum absolute atomic E-state index is 11.6. The Labute approximate surface area is 158 Å². The van der Waals surface area contributed by atoms with Crippen LogP contribution in [0.4, 0.5) is 10.5 Å². The number of anilines is 1. The van der Waals surface area contributed by atoms with Crippen molar-refractivity contribution in [1.29, 1.82) is 0 Å². The van der Waals surface area contributed by atoms with E-state index in [0.29, 0.717) is 0 Å². The molecule has 1 heterocycles. The summed E-state index contributed by atoms with van der Waals surface area (Å²) in [6.07, 6.45) is -0.466. The molecule has 0 aliphatic carbocycles. The van der Waals surface area contributed by atoms with Gasteiger partial charge in [0.1, 0.15) is 6.42 Å². The molecule has 1 fully saturated rings. The van der Waals surface area contributed by atoms with Crippen molar-refractivity contribution >= 4 is 33.7 Å². The molecule has 0 radical (unpaired) electrons. The summed E-state index contributed by atoms with van der Waals surface area (Å²) in [5.74, 6) is -1.41. The molecule has 1 aromatic carbocycles. The average molecular weight is 324 g/mol. The number of carbonyl (C=O) groups excluding carboxylic acids is 3. The first-order chi connectivity index (χ1) is 8.79. The zero-order chi connectivity index (χ0) is 14.2. The number of urea groups is 1. The molecule has 20 heavy (non-hydrogen) atoms. The van der Waals surface area contributed by atoms with Crippen molar-refractivity contribution in [1.82, 2.24) is 5.32 Å². The fourth-order valence-electron chi connectivity index (χ4n) is 1.58. The summed E-state index contributed by atoms with van der Waals surface area (Å²) in [6.45, 7) is 0. The Bertz CT molecular complexity index is 655. The Balaban J connectivity index is 0.00000200. The van der Waals surface area contributed by atoms with Crippen LogP contribution >= 0.6 is 0 Å². The molecule has 2 N–H and O–H groups in total. The van der Waals surface area contributed by atoms with E-state index in [0.717, 1.165) is 17.0 Å². The maximum Gasteiger partial charge on any atom is 1.00 e. The third-order valence-corrected chi connectivity index (χ3v) is 3.27. The third kappa shape index (κ3) is 3.72. The molecule has 0 unspecified atom stereocenters. The maximum atomic E-state index is 11.6. The van der Waals surface area contributed by atoms with E-state index in [2.05, 4.69) is 0 Å². The largest absolute Gasteiger partial charge is 1.00 e. The van der Waals surface area contributed by atoms with E-state index in [-0.39, 0.29) is 63.4 Å². The van der Waals surface area contributed by atoms with Gasteiger partial charge in [-0.05, 0) is 24.3 Å². The van der Waals surface area contributed by atoms with E-state index < -0.39 is 34.4 Å². The summed E-state index contributed by atoms with van der Waals surface area (Å²) in [5, 5.41) is 1.96. The first-order valence-electron chi connectivity index (χ1n) is 5.03. The molecule has 4 amide bonds. The van der Waals surface area contributed by atoms with Gasteiger partial charge in [0.15, 0.2) is 0 Å². The van der Waals surface area contributed by atoms with Crippen molar-refractivity contribution in [3.63, 3.8) is 0 Å². The third-order valence-electron chi connectivity index (χ3n) is 2.40.